The van der Waals surface area contributed by atoms with Gasteiger partial charge in [0.15, 0.2) is 0 Å². The van der Waals surface area contributed by atoms with E-state index in [1.807, 2.05) is 12.2 Å². The maximum atomic E-state index is 11.9. The average Bonchev–Trinajstić information content (AvgIpc) is 3.07. The second-order valence-electron chi connectivity index (χ2n) is 5.81. The van der Waals surface area contributed by atoms with Crippen molar-refractivity contribution in [3.63, 3.8) is 0 Å². The molecule has 9 heteroatoms. The third-order valence-corrected chi connectivity index (χ3v) is 4.81. The summed E-state index contributed by atoms with van der Waals surface area (Å²) in [4.78, 5) is 34.7. The third-order valence-electron chi connectivity index (χ3n) is 4.57. The van der Waals surface area contributed by atoms with Crippen LogP contribution in [0.3, 0.4) is 0 Å². The van der Waals surface area contributed by atoms with E-state index in [0.29, 0.717) is 12.0 Å². The van der Waals surface area contributed by atoms with E-state index in [-0.39, 0.29) is 23.8 Å². The second kappa shape index (κ2) is 5.68. The SMILES string of the molecule is COC(=O)C1=CO[C@@H](OC(=O)NC(=O)CCl)[C@@H]2[C@@H]1C[C@@H]1O[C@]21C. The minimum Gasteiger partial charge on any atom is -0.466 e. The van der Waals surface area contributed by atoms with Crippen LogP contribution in [0.2, 0.25) is 0 Å². The lowest BCUT2D eigenvalue weighted by Gasteiger charge is -2.35. The number of alkyl carbamates (subject to hydrolysis) is 1. The Balaban J connectivity index is 1.77. The molecule has 5 atom stereocenters. The van der Waals surface area contributed by atoms with E-state index in [2.05, 4.69) is 0 Å². The molecule has 3 rings (SSSR count). The molecule has 126 valence electrons. The molecular weight excluding hydrogens is 330 g/mol. The molecule has 1 saturated heterocycles. The number of fused-ring (bicyclic) bond motifs is 3. The van der Waals surface area contributed by atoms with Crippen LogP contribution in [0, 0.1) is 11.8 Å². The number of alkyl halides is 1. The molecule has 2 amide bonds. The lowest BCUT2D eigenvalue weighted by Crippen LogP contribution is -2.45. The average molecular weight is 346 g/mol. The van der Waals surface area contributed by atoms with E-state index >= 15 is 0 Å². The molecule has 0 spiro atoms. The molecule has 0 aromatic heterocycles. The number of nitrogens with one attached hydrogen (secondary N) is 1. The predicted molar refractivity (Wildman–Crippen MR) is 75.2 cm³/mol. The molecule has 1 N–H and O–H groups in total. The largest absolute Gasteiger partial charge is 0.466 e. The van der Waals surface area contributed by atoms with Gasteiger partial charge in [-0.05, 0) is 13.3 Å². The molecule has 0 aromatic carbocycles. The number of rotatable bonds is 3. The summed E-state index contributed by atoms with van der Waals surface area (Å²) in [6.45, 7) is 1.88. The number of carbonyl (C=O) groups is 3. The molecule has 1 aliphatic carbocycles. The normalized spacial score (nSPS) is 36.7. The lowest BCUT2D eigenvalue weighted by molar-refractivity contribution is -0.150. The van der Waals surface area contributed by atoms with E-state index < -0.39 is 29.9 Å². The van der Waals surface area contributed by atoms with Crippen molar-refractivity contribution in [2.45, 2.75) is 31.3 Å². The Hall–Kier alpha value is -1.80. The van der Waals surface area contributed by atoms with Gasteiger partial charge in [-0.1, -0.05) is 0 Å². The van der Waals surface area contributed by atoms with Gasteiger partial charge >= 0.3 is 12.1 Å². The number of amides is 2. The van der Waals surface area contributed by atoms with Crippen molar-refractivity contribution in [3.8, 4) is 0 Å². The highest BCUT2D eigenvalue weighted by Crippen LogP contribution is 2.60. The first kappa shape index (κ1) is 16.1. The Kier molecular flexibility index (Phi) is 3.97. The van der Waals surface area contributed by atoms with Crippen molar-refractivity contribution < 1.29 is 33.3 Å². The Morgan fingerprint density at radius 3 is 2.87 bits per heavy atom. The summed E-state index contributed by atoms with van der Waals surface area (Å²) < 4.78 is 21.0. The summed E-state index contributed by atoms with van der Waals surface area (Å²) in [5.74, 6) is -2.06. The maximum absolute atomic E-state index is 11.9. The molecule has 2 heterocycles. The molecule has 0 bridgehead atoms. The van der Waals surface area contributed by atoms with Gasteiger partial charge in [-0.3, -0.25) is 10.1 Å². The zero-order chi connectivity index (χ0) is 16.8. The summed E-state index contributed by atoms with van der Waals surface area (Å²) in [7, 11) is 1.29. The minimum atomic E-state index is -0.964. The quantitative estimate of drug-likeness (QED) is 0.456. The molecule has 0 aromatic rings. The van der Waals surface area contributed by atoms with Crippen LogP contribution in [0.1, 0.15) is 13.3 Å². The van der Waals surface area contributed by atoms with Gasteiger partial charge in [0.05, 0.1) is 31.0 Å². The van der Waals surface area contributed by atoms with E-state index in [0.717, 1.165) is 0 Å². The predicted octanol–water partition coefficient (Wildman–Crippen LogP) is 0.685. The standard InChI is InChI=1S/C14H16ClNO7/c1-14-8(23-14)3-6-7(11(18)20-2)5-21-12(10(6)14)22-13(19)16-9(17)4-15/h5-6,8,10,12H,3-4H2,1-2H3,(H,16,17,19)/t6-,8+,10+,12+,14+/m1/s1. The summed E-state index contributed by atoms with van der Waals surface area (Å²) in [5.41, 5.74) is -0.133. The minimum absolute atomic E-state index is 0.0223. The van der Waals surface area contributed by atoms with Crippen LogP contribution in [0.4, 0.5) is 4.79 Å². The number of ether oxygens (including phenoxy) is 4. The van der Waals surface area contributed by atoms with E-state index in [4.69, 9.17) is 30.5 Å². The molecule has 23 heavy (non-hydrogen) atoms. The number of carbonyl (C=O) groups excluding carboxylic acids is 3. The summed E-state index contributed by atoms with van der Waals surface area (Å²) >= 11 is 5.32. The van der Waals surface area contributed by atoms with Gasteiger partial charge in [-0.25, -0.2) is 9.59 Å². The fourth-order valence-electron chi connectivity index (χ4n) is 3.42. The first-order valence-electron chi connectivity index (χ1n) is 7.08. The smallest absolute Gasteiger partial charge is 0.416 e. The summed E-state index contributed by atoms with van der Waals surface area (Å²) in [6.07, 6.45) is -0.0716. The van der Waals surface area contributed by atoms with Crippen molar-refractivity contribution in [2.75, 3.05) is 13.0 Å². The van der Waals surface area contributed by atoms with Crippen LogP contribution in [0.25, 0.3) is 0 Å². The van der Waals surface area contributed by atoms with Crippen LogP contribution >= 0.6 is 11.6 Å². The van der Waals surface area contributed by atoms with Gasteiger partial charge in [0.25, 0.3) is 6.29 Å². The van der Waals surface area contributed by atoms with Gasteiger partial charge in [-0.2, -0.15) is 0 Å². The molecule has 0 unspecified atom stereocenters. The summed E-state index contributed by atoms with van der Waals surface area (Å²) in [5, 5.41) is 1.98. The Morgan fingerprint density at radius 1 is 1.48 bits per heavy atom. The topological polar surface area (TPSA) is 103 Å². The molecule has 1 saturated carbocycles. The fraction of sp³-hybridized carbons (Fsp3) is 0.643. The number of halogens is 1. The number of methoxy groups -OCH3 is 1. The van der Waals surface area contributed by atoms with Crippen molar-refractivity contribution in [2.24, 2.45) is 11.8 Å². The molecule has 8 nitrogen and oxygen atoms in total. The van der Waals surface area contributed by atoms with Gasteiger partial charge in [0, 0.05) is 5.92 Å². The van der Waals surface area contributed by atoms with Crippen molar-refractivity contribution in [3.05, 3.63) is 11.8 Å². The lowest BCUT2D eigenvalue weighted by atomic mass is 9.82. The number of hydrogen-bond acceptors (Lipinski definition) is 7. The highest BCUT2D eigenvalue weighted by molar-refractivity contribution is 6.28. The van der Waals surface area contributed by atoms with E-state index in [1.165, 1.54) is 13.4 Å². The third kappa shape index (κ3) is 2.66. The van der Waals surface area contributed by atoms with Crippen molar-refractivity contribution >= 4 is 29.6 Å². The van der Waals surface area contributed by atoms with Crippen molar-refractivity contribution in [1.29, 1.82) is 0 Å². The number of hydrogen-bond donors (Lipinski definition) is 1. The first-order valence-corrected chi connectivity index (χ1v) is 7.62. The van der Waals surface area contributed by atoms with Gasteiger partial charge < -0.3 is 18.9 Å². The molecular formula is C14H16ClNO7. The van der Waals surface area contributed by atoms with Gasteiger partial charge in [0.1, 0.15) is 11.5 Å². The Labute approximate surface area is 137 Å². The molecule has 0 radical (unpaired) electrons. The van der Waals surface area contributed by atoms with Crippen LogP contribution in [0.5, 0.6) is 0 Å². The highest BCUT2D eigenvalue weighted by Gasteiger charge is 2.71. The van der Waals surface area contributed by atoms with Crippen LogP contribution < -0.4 is 5.32 Å². The number of epoxide rings is 1. The van der Waals surface area contributed by atoms with Gasteiger partial charge in [-0.15, -0.1) is 11.6 Å². The fourth-order valence-corrected chi connectivity index (χ4v) is 3.48. The zero-order valence-electron chi connectivity index (χ0n) is 12.5. The Bertz CT molecular complexity index is 592. The van der Waals surface area contributed by atoms with Gasteiger partial charge in [0.2, 0.25) is 5.91 Å². The number of esters is 1. The van der Waals surface area contributed by atoms with Crippen LogP contribution in [0.15, 0.2) is 11.8 Å². The molecule has 2 aliphatic heterocycles. The first-order chi connectivity index (χ1) is 10.9. The zero-order valence-corrected chi connectivity index (χ0v) is 13.3. The highest BCUT2D eigenvalue weighted by atomic mass is 35.5. The number of imide groups is 1. The second-order valence-corrected chi connectivity index (χ2v) is 6.08. The van der Waals surface area contributed by atoms with E-state index in [1.54, 1.807) is 0 Å². The van der Waals surface area contributed by atoms with Crippen LogP contribution in [-0.2, 0) is 28.5 Å². The summed E-state index contributed by atoms with van der Waals surface area (Å²) in [6, 6.07) is 0. The molecule has 3 aliphatic rings. The molecule has 2 fully saturated rings. The van der Waals surface area contributed by atoms with Crippen LogP contribution in [-0.4, -0.2) is 49.0 Å². The maximum Gasteiger partial charge on any atom is 0.416 e. The monoisotopic (exact) mass is 345 g/mol. The Morgan fingerprint density at radius 2 is 2.22 bits per heavy atom. The van der Waals surface area contributed by atoms with E-state index in [9.17, 15) is 14.4 Å². The van der Waals surface area contributed by atoms with Crippen molar-refractivity contribution in [1.82, 2.24) is 5.32 Å².